The molecule has 3 heterocycles. The monoisotopic (exact) mass is 383 g/mol. The van der Waals surface area contributed by atoms with Crippen molar-refractivity contribution in [2.75, 3.05) is 26.7 Å². The van der Waals surface area contributed by atoms with Gasteiger partial charge < -0.3 is 19.1 Å². The zero-order valence-corrected chi connectivity index (χ0v) is 16.3. The minimum absolute atomic E-state index is 0.0376. The molecule has 7 nitrogen and oxygen atoms in total. The fourth-order valence-electron chi connectivity index (χ4n) is 4.26. The predicted octanol–water partition coefficient (Wildman–Crippen LogP) is 2.65. The highest BCUT2D eigenvalue weighted by molar-refractivity contribution is 5.91. The van der Waals surface area contributed by atoms with Crippen molar-refractivity contribution in [2.45, 2.75) is 32.7 Å². The van der Waals surface area contributed by atoms with E-state index >= 15 is 0 Å². The minimum atomic E-state index is -0.118. The van der Waals surface area contributed by atoms with Crippen molar-refractivity contribution >= 4 is 11.8 Å². The molecule has 2 fully saturated rings. The zero-order chi connectivity index (χ0) is 19.7. The van der Waals surface area contributed by atoms with E-state index in [9.17, 15) is 9.59 Å². The van der Waals surface area contributed by atoms with Crippen LogP contribution in [0.2, 0.25) is 0 Å². The topological polar surface area (TPSA) is 75.9 Å². The Bertz CT molecular complexity index is 883. The summed E-state index contributed by atoms with van der Waals surface area (Å²) in [5.74, 6) is 1.16. The molecule has 2 aliphatic heterocycles. The van der Waals surface area contributed by atoms with Crippen molar-refractivity contribution < 1.29 is 18.8 Å². The lowest BCUT2D eigenvalue weighted by molar-refractivity contribution is -0.128. The Morgan fingerprint density at radius 1 is 1.29 bits per heavy atom. The normalized spacial score (nSPS) is 18.7. The van der Waals surface area contributed by atoms with Crippen LogP contribution in [0.1, 0.15) is 41.1 Å². The summed E-state index contributed by atoms with van der Waals surface area (Å²) in [6.45, 7) is 4.41. The number of ether oxygens (including phenoxy) is 1. The highest BCUT2D eigenvalue weighted by Gasteiger charge is 2.45. The molecule has 0 atom stereocenters. The van der Waals surface area contributed by atoms with Crippen LogP contribution in [0.15, 0.2) is 34.9 Å². The van der Waals surface area contributed by atoms with Gasteiger partial charge in [-0.15, -0.1) is 0 Å². The summed E-state index contributed by atoms with van der Waals surface area (Å²) in [5, 5.41) is 3.79. The summed E-state index contributed by atoms with van der Waals surface area (Å²) in [5.41, 5.74) is 1.73. The maximum atomic E-state index is 12.6. The van der Waals surface area contributed by atoms with Gasteiger partial charge in [-0.1, -0.05) is 17.3 Å². The first-order valence-corrected chi connectivity index (χ1v) is 9.61. The predicted molar refractivity (Wildman–Crippen MR) is 102 cm³/mol. The van der Waals surface area contributed by atoms with Crippen LogP contribution in [0, 0.1) is 12.3 Å². The molecule has 0 bridgehead atoms. The fourth-order valence-corrected chi connectivity index (χ4v) is 4.26. The highest BCUT2D eigenvalue weighted by Crippen LogP contribution is 2.41. The summed E-state index contributed by atoms with van der Waals surface area (Å²) >= 11 is 0. The van der Waals surface area contributed by atoms with Crippen LogP contribution in [0.3, 0.4) is 0 Å². The number of carbonyl (C=O) groups excluding carboxylic acids is 2. The van der Waals surface area contributed by atoms with Crippen molar-refractivity contribution in [1.29, 1.82) is 0 Å². The molecule has 0 unspecified atom stereocenters. The van der Waals surface area contributed by atoms with Crippen LogP contribution in [0.25, 0.3) is 0 Å². The summed E-state index contributed by atoms with van der Waals surface area (Å²) in [4.78, 5) is 28.9. The van der Waals surface area contributed by atoms with Crippen molar-refractivity contribution in [1.82, 2.24) is 15.0 Å². The van der Waals surface area contributed by atoms with Gasteiger partial charge in [0.2, 0.25) is 11.7 Å². The van der Waals surface area contributed by atoms with Crippen LogP contribution >= 0.6 is 0 Å². The number of rotatable bonds is 4. The lowest BCUT2D eigenvalue weighted by Gasteiger charge is -2.38. The first-order valence-electron chi connectivity index (χ1n) is 9.61. The largest absolute Gasteiger partial charge is 0.497 e. The highest BCUT2D eigenvalue weighted by atomic mass is 16.5. The molecular formula is C21H25N3O4. The van der Waals surface area contributed by atoms with Gasteiger partial charge in [0.25, 0.3) is 5.91 Å². The van der Waals surface area contributed by atoms with Gasteiger partial charge in [0.1, 0.15) is 5.75 Å². The number of aromatic nitrogens is 1. The van der Waals surface area contributed by atoms with E-state index in [1.54, 1.807) is 25.0 Å². The molecule has 1 spiro atoms. The number of amides is 2. The molecule has 1 aromatic carbocycles. The van der Waals surface area contributed by atoms with Crippen LogP contribution in [-0.4, -0.2) is 53.5 Å². The number of hydrogen-bond acceptors (Lipinski definition) is 5. The second-order valence-corrected chi connectivity index (χ2v) is 7.90. The van der Waals surface area contributed by atoms with Crippen LogP contribution in [0.5, 0.6) is 5.75 Å². The molecule has 0 saturated carbocycles. The maximum absolute atomic E-state index is 12.6. The maximum Gasteiger partial charge on any atom is 0.292 e. The van der Waals surface area contributed by atoms with E-state index in [-0.39, 0.29) is 23.0 Å². The Hall–Kier alpha value is -2.83. The van der Waals surface area contributed by atoms with Crippen molar-refractivity contribution in [3.8, 4) is 5.75 Å². The van der Waals surface area contributed by atoms with Gasteiger partial charge in [0, 0.05) is 44.1 Å². The summed E-state index contributed by atoms with van der Waals surface area (Å²) < 4.78 is 10.4. The number of nitrogens with zero attached hydrogens (tertiary/aromatic N) is 3. The number of benzene rings is 1. The van der Waals surface area contributed by atoms with Gasteiger partial charge >= 0.3 is 0 Å². The van der Waals surface area contributed by atoms with E-state index in [1.165, 1.54) is 0 Å². The van der Waals surface area contributed by atoms with Gasteiger partial charge in [0.05, 0.1) is 12.8 Å². The van der Waals surface area contributed by atoms with Crippen molar-refractivity contribution in [3.63, 3.8) is 0 Å². The molecule has 2 aliphatic rings. The Balaban J connectivity index is 1.38. The van der Waals surface area contributed by atoms with E-state index in [0.717, 1.165) is 30.7 Å². The van der Waals surface area contributed by atoms with Crippen molar-refractivity contribution in [3.05, 3.63) is 47.3 Å². The van der Waals surface area contributed by atoms with Crippen molar-refractivity contribution in [2.24, 2.45) is 5.41 Å². The van der Waals surface area contributed by atoms with E-state index in [0.29, 0.717) is 31.7 Å². The van der Waals surface area contributed by atoms with E-state index < -0.39 is 0 Å². The number of hydrogen-bond donors (Lipinski definition) is 0. The molecule has 0 radical (unpaired) electrons. The third-order valence-electron chi connectivity index (χ3n) is 5.86. The standard InChI is InChI=1S/C21H25N3O4/c1-15-10-18(28-22-15)20(26)23-8-6-21(7-9-23)12-19(25)24(14-21)13-16-4-3-5-17(11-16)27-2/h3-5,10-11H,6-9,12-14H2,1-2H3. The first-order chi connectivity index (χ1) is 13.5. The Morgan fingerprint density at radius 3 is 2.75 bits per heavy atom. The number of methoxy groups -OCH3 is 1. The van der Waals surface area contributed by atoms with E-state index in [2.05, 4.69) is 5.16 Å². The molecule has 1 aromatic heterocycles. The third kappa shape index (κ3) is 3.61. The second-order valence-electron chi connectivity index (χ2n) is 7.90. The molecule has 2 saturated heterocycles. The van der Waals surface area contributed by atoms with Gasteiger partial charge in [-0.3, -0.25) is 9.59 Å². The van der Waals surface area contributed by atoms with E-state index in [4.69, 9.17) is 9.26 Å². The lowest BCUT2D eigenvalue weighted by atomic mass is 9.77. The Labute approximate surface area is 164 Å². The van der Waals surface area contributed by atoms with Gasteiger partial charge in [-0.2, -0.15) is 0 Å². The van der Waals surface area contributed by atoms with Crippen LogP contribution < -0.4 is 4.74 Å². The summed E-state index contributed by atoms with van der Waals surface area (Å²) in [6.07, 6.45) is 2.21. The molecule has 0 N–H and O–H groups in total. The third-order valence-corrected chi connectivity index (χ3v) is 5.86. The average Bonchev–Trinajstić information content (AvgIpc) is 3.25. The smallest absolute Gasteiger partial charge is 0.292 e. The average molecular weight is 383 g/mol. The van der Waals surface area contributed by atoms with Gasteiger partial charge in [-0.05, 0) is 37.5 Å². The SMILES string of the molecule is COc1cccc(CN2CC3(CCN(C(=O)c4cc(C)no4)CC3)CC2=O)c1. The molecule has 0 aliphatic carbocycles. The van der Waals surface area contributed by atoms with Crippen LogP contribution in [-0.2, 0) is 11.3 Å². The number of likely N-dealkylation sites (tertiary alicyclic amines) is 2. The molecule has 2 aromatic rings. The second kappa shape index (κ2) is 7.30. The molecule has 4 rings (SSSR count). The number of piperidine rings is 1. The number of aryl methyl sites for hydroxylation is 1. The Kier molecular flexibility index (Phi) is 4.83. The molecule has 7 heteroatoms. The van der Waals surface area contributed by atoms with Gasteiger partial charge in [-0.25, -0.2) is 0 Å². The minimum Gasteiger partial charge on any atom is -0.497 e. The zero-order valence-electron chi connectivity index (χ0n) is 16.3. The van der Waals surface area contributed by atoms with Crippen LogP contribution in [0.4, 0.5) is 0 Å². The number of carbonyl (C=O) groups is 2. The lowest BCUT2D eigenvalue weighted by Crippen LogP contribution is -2.44. The molecule has 28 heavy (non-hydrogen) atoms. The summed E-state index contributed by atoms with van der Waals surface area (Å²) in [6, 6.07) is 9.50. The first kappa shape index (κ1) is 18.5. The molecule has 148 valence electrons. The van der Waals surface area contributed by atoms with Gasteiger partial charge in [0.15, 0.2) is 0 Å². The van der Waals surface area contributed by atoms with E-state index in [1.807, 2.05) is 29.2 Å². The quantitative estimate of drug-likeness (QED) is 0.811. The fraction of sp³-hybridized carbons (Fsp3) is 0.476. The molecular weight excluding hydrogens is 358 g/mol. The molecule has 2 amide bonds. The summed E-state index contributed by atoms with van der Waals surface area (Å²) in [7, 11) is 1.64. The Morgan fingerprint density at radius 2 is 2.07 bits per heavy atom.